The third-order valence-corrected chi connectivity index (χ3v) is 1.21. The van der Waals surface area contributed by atoms with Crippen molar-refractivity contribution >= 4 is 24.9 Å². The number of carbonyl (C=O) groups excluding carboxylic acids is 1. The quantitative estimate of drug-likeness (QED) is 0.619. The molecule has 1 amide bonds. The molecule has 0 aliphatic carbocycles. The van der Waals surface area contributed by atoms with Crippen LogP contribution in [0.1, 0.15) is 6.92 Å². The van der Waals surface area contributed by atoms with Crippen LogP contribution in [0.4, 0.5) is 5.69 Å². The first-order valence-corrected chi connectivity index (χ1v) is 3.31. The second-order valence-corrected chi connectivity index (χ2v) is 2.31. The molecule has 68 valence electrons. The van der Waals surface area contributed by atoms with Gasteiger partial charge in [0.2, 0.25) is 0 Å². The van der Waals surface area contributed by atoms with E-state index in [9.17, 15) is 4.79 Å². The van der Waals surface area contributed by atoms with E-state index >= 15 is 0 Å². The van der Waals surface area contributed by atoms with Crippen molar-refractivity contribution in [1.82, 2.24) is 0 Å². The number of anilines is 1. The normalized spacial score (nSPS) is 7.92. The maximum Gasteiger partial charge on any atom is -0.870 e. The van der Waals surface area contributed by atoms with Gasteiger partial charge < -0.3 is 11.0 Å². The van der Waals surface area contributed by atoms with Crippen molar-refractivity contribution in [2.45, 2.75) is 6.92 Å². The van der Waals surface area contributed by atoms with Crippen molar-refractivity contribution in [3.05, 3.63) is 24.3 Å². The van der Waals surface area contributed by atoms with Crippen molar-refractivity contribution in [3.63, 3.8) is 0 Å². The van der Waals surface area contributed by atoms with E-state index in [1.165, 1.54) is 6.92 Å². The summed E-state index contributed by atoms with van der Waals surface area (Å²) >= 11 is 0. The minimum Gasteiger partial charge on any atom is -0.870 e. The SMILES string of the molecule is [B+2]c1cccc(NC(C)=O)c1.[OH-].[OH-]. The van der Waals surface area contributed by atoms with E-state index in [4.69, 9.17) is 7.85 Å². The zero-order valence-corrected chi connectivity index (χ0v) is 7.19. The van der Waals surface area contributed by atoms with E-state index in [0.717, 1.165) is 5.69 Å². The first-order valence-electron chi connectivity index (χ1n) is 3.31. The maximum atomic E-state index is 10.6. The molecule has 0 aliphatic rings. The number of carbonyl (C=O) groups is 1. The second-order valence-electron chi connectivity index (χ2n) is 2.31. The monoisotopic (exact) mass is 179 g/mol. The van der Waals surface area contributed by atoms with Crippen molar-refractivity contribution in [1.29, 1.82) is 0 Å². The average molecular weight is 179 g/mol. The second kappa shape index (κ2) is 6.22. The molecule has 1 aromatic rings. The summed E-state index contributed by atoms with van der Waals surface area (Å²) < 4.78 is 0. The standard InChI is InChI=1S/C8H8BNO.2H2O/c1-6(11)10-8-4-2-3-7(9)5-8;;/h2-5H,1H3,(H,10,11);2*1H2/q+2;;/p-2. The molecule has 0 saturated carbocycles. The molecule has 1 aromatic carbocycles. The first-order chi connectivity index (χ1) is 5.18. The summed E-state index contributed by atoms with van der Waals surface area (Å²) in [4.78, 5) is 10.6. The summed E-state index contributed by atoms with van der Waals surface area (Å²) in [5.74, 6) is -0.0874. The predicted octanol–water partition coefficient (Wildman–Crippen LogP) is 0.0852. The molecular weight excluding hydrogens is 169 g/mol. The molecule has 0 atom stereocenters. The summed E-state index contributed by atoms with van der Waals surface area (Å²) in [5.41, 5.74) is 1.38. The predicted molar refractivity (Wildman–Crippen MR) is 50.0 cm³/mol. The summed E-state index contributed by atoms with van der Waals surface area (Å²) in [5, 5.41) is 2.63. The maximum absolute atomic E-state index is 10.6. The zero-order valence-electron chi connectivity index (χ0n) is 7.19. The van der Waals surface area contributed by atoms with E-state index in [2.05, 4.69) is 5.32 Å². The first kappa shape index (κ1) is 14.2. The molecule has 0 aromatic heterocycles. The van der Waals surface area contributed by atoms with Gasteiger partial charge in [-0.1, -0.05) is 0 Å². The number of hydrogen-bond donors (Lipinski definition) is 1. The fourth-order valence-corrected chi connectivity index (χ4v) is 0.820. The zero-order chi connectivity index (χ0) is 8.27. The molecule has 5 heteroatoms. The Morgan fingerprint density at radius 3 is 2.46 bits per heavy atom. The summed E-state index contributed by atoms with van der Waals surface area (Å²) in [7, 11) is 5.48. The Morgan fingerprint density at radius 1 is 1.38 bits per heavy atom. The van der Waals surface area contributed by atoms with E-state index in [1.807, 2.05) is 0 Å². The number of benzene rings is 1. The molecule has 13 heavy (non-hydrogen) atoms. The van der Waals surface area contributed by atoms with Crippen molar-refractivity contribution in [2.75, 3.05) is 5.32 Å². The Morgan fingerprint density at radius 2 is 2.00 bits per heavy atom. The van der Waals surface area contributed by atoms with Gasteiger partial charge in [0.15, 0.2) is 0 Å². The van der Waals surface area contributed by atoms with Crippen LogP contribution < -0.4 is 10.8 Å². The Kier molecular flexibility index (Phi) is 6.80. The van der Waals surface area contributed by atoms with Crippen LogP contribution in [-0.2, 0) is 4.79 Å². The number of hydrogen-bond acceptors (Lipinski definition) is 3. The summed E-state index contributed by atoms with van der Waals surface area (Å²) in [6.45, 7) is 1.46. The number of amides is 1. The van der Waals surface area contributed by atoms with Gasteiger partial charge in [0, 0.05) is 0 Å². The fourth-order valence-electron chi connectivity index (χ4n) is 0.820. The molecule has 0 aliphatic heterocycles. The Bertz CT molecular complexity index is 278. The van der Waals surface area contributed by atoms with E-state index in [0.29, 0.717) is 5.46 Å². The molecule has 0 radical (unpaired) electrons. The molecule has 0 bridgehead atoms. The van der Waals surface area contributed by atoms with Crippen LogP contribution in [0, 0.1) is 0 Å². The summed E-state index contributed by atoms with van der Waals surface area (Å²) in [6, 6.07) is 7.06. The Balaban J connectivity index is 0. The van der Waals surface area contributed by atoms with Crippen LogP contribution in [0.2, 0.25) is 0 Å². The smallest absolute Gasteiger partial charge is 0.870 e. The van der Waals surface area contributed by atoms with Crippen molar-refractivity contribution in [3.8, 4) is 0 Å². The van der Waals surface area contributed by atoms with E-state index in [-0.39, 0.29) is 16.9 Å². The van der Waals surface area contributed by atoms with Gasteiger partial charge in [-0.25, -0.2) is 0 Å². The molecule has 3 N–H and O–H groups in total. The van der Waals surface area contributed by atoms with Gasteiger partial charge in [0.1, 0.15) is 0 Å². The summed E-state index contributed by atoms with van der Waals surface area (Å²) in [6.07, 6.45) is 0. The van der Waals surface area contributed by atoms with Crippen LogP contribution in [0.3, 0.4) is 0 Å². The third kappa shape index (κ3) is 5.00. The van der Waals surface area contributed by atoms with Crippen LogP contribution in [0.5, 0.6) is 0 Å². The van der Waals surface area contributed by atoms with Crippen LogP contribution in [0.25, 0.3) is 0 Å². The molecule has 0 heterocycles. The van der Waals surface area contributed by atoms with Gasteiger partial charge in [0.05, 0.1) is 0 Å². The molecule has 1 rings (SSSR count). The molecule has 0 saturated heterocycles. The molecular formula is C8H10BNO3. The van der Waals surface area contributed by atoms with E-state index < -0.39 is 0 Å². The van der Waals surface area contributed by atoms with Gasteiger partial charge >= 0.3 is 66.2 Å². The van der Waals surface area contributed by atoms with E-state index in [1.54, 1.807) is 24.3 Å². The van der Waals surface area contributed by atoms with Gasteiger partial charge in [-0.15, -0.1) is 0 Å². The number of rotatable bonds is 1. The molecule has 0 unspecified atom stereocenters. The van der Waals surface area contributed by atoms with Gasteiger partial charge in [-0.05, 0) is 0 Å². The molecule has 4 nitrogen and oxygen atoms in total. The fraction of sp³-hybridized carbons (Fsp3) is 0.125. The molecule has 0 fully saturated rings. The van der Waals surface area contributed by atoms with Crippen LogP contribution in [-0.4, -0.2) is 24.7 Å². The number of nitrogens with one attached hydrogen (secondary N) is 1. The average Bonchev–Trinajstić information content (AvgIpc) is 1.85. The Hall–Kier alpha value is -1.33. The largest absolute Gasteiger partial charge is 0.870 e. The van der Waals surface area contributed by atoms with Gasteiger partial charge in [-0.3, -0.25) is 0 Å². The van der Waals surface area contributed by atoms with Crippen LogP contribution >= 0.6 is 0 Å². The van der Waals surface area contributed by atoms with Crippen molar-refractivity contribution < 1.29 is 15.7 Å². The minimum absolute atomic E-state index is 0. The van der Waals surface area contributed by atoms with Crippen LogP contribution in [0.15, 0.2) is 24.3 Å². The van der Waals surface area contributed by atoms with Gasteiger partial charge in [-0.2, -0.15) is 0 Å². The Labute approximate surface area is 78.0 Å². The van der Waals surface area contributed by atoms with Gasteiger partial charge in [0.25, 0.3) is 0 Å². The third-order valence-electron chi connectivity index (χ3n) is 1.21. The molecule has 0 spiro atoms. The van der Waals surface area contributed by atoms with Crippen molar-refractivity contribution in [2.24, 2.45) is 0 Å². The topological polar surface area (TPSA) is 89.1 Å². The minimum atomic E-state index is -0.0874.